The first-order valence-corrected chi connectivity index (χ1v) is 12.0. The number of rotatable bonds is 8. The average molecular weight is 481 g/mol. The van der Waals surface area contributed by atoms with E-state index in [0.29, 0.717) is 23.2 Å². The zero-order chi connectivity index (χ0) is 22.6. The van der Waals surface area contributed by atoms with E-state index in [2.05, 4.69) is 20.5 Å². The highest BCUT2D eigenvalue weighted by molar-refractivity contribution is 7.99. The number of pyridine rings is 1. The van der Waals surface area contributed by atoms with Gasteiger partial charge in [0, 0.05) is 44.3 Å². The second kappa shape index (κ2) is 9.77. The van der Waals surface area contributed by atoms with Crippen molar-refractivity contribution in [1.82, 2.24) is 24.1 Å². The van der Waals surface area contributed by atoms with Crippen molar-refractivity contribution in [2.75, 3.05) is 25.2 Å². The van der Waals surface area contributed by atoms with Gasteiger partial charge in [-0.1, -0.05) is 23.4 Å². The van der Waals surface area contributed by atoms with Crippen LogP contribution in [0, 0.1) is 0 Å². The second-order valence-electron chi connectivity index (χ2n) is 6.56. The number of sulfonamides is 1. The van der Waals surface area contributed by atoms with E-state index in [0.717, 1.165) is 9.87 Å². The summed E-state index contributed by atoms with van der Waals surface area (Å²) in [5.41, 5.74) is 1.22. The van der Waals surface area contributed by atoms with Crippen molar-refractivity contribution < 1.29 is 13.2 Å². The maximum atomic E-state index is 12.5. The lowest BCUT2D eigenvalue weighted by molar-refractivity contribution is -0.113. The van der Waals surface area contributed by atoms with Gasteiger partial charge in [0.2, 0.25) is 15.9 Å². The molecule has 1 amide bonds. The summed E-state index contributed by atoms with van der Waals surface area (Å²) in [5.74, 6) is 0.466. The van der Waals surface area contributed by atoms with Crippen LogP contribution in [0.3, 0.4) is 0 Å². The third-order valence-corrected chi connectivity index (χ3v) is 7.54. The first-order valence-electron chi connectivity index (χ1n) is 9.22. The largest absolute Gasteiger partial charge is 0.325 e. The first kappa shape index (κ1) is 23.2. The summed E-state index contributed by atoms with van der Waals surface area (Å²) in [6.45, 7) is 2.61. The van der Waals surface area contributed by atoms with E-state index in [-0.39, 0.29) is 21.6 Å². The molecule has 0 aliphatic rings. The maximum Gasteiger partial charge on any atom is 0.244 e. The fourth-order valence-electron chi connectivity index (χ4n) is 2.70. The molecular weight excluding hydrogens is 460 g/mol. The van der Waals surface area contributed by atoms with E-state index in [1.54, 1.807) is 18.5 Å². The van der Waals surface area contributed by atoms with Gasteiger partial charge in [0.25, 0.3) is 0 Å². The monoisotopic (exact) mass is 480 g/mol. The van der Waals surface area contributed by atoms with Gasteiger partial charge in [-0.3, -0.25) is 9.78 Å². The maximum absolute atomic E-state index is 12.5. The molecule has 0 aliphatic heterocycles. The number of amides is 1. The molecule has 1 aromatic carbocycles. The van der Waals surface area contributed by atoms with Gasteiger partial charge < -0.3 is 9.88 Å². The fourth-order valence-corrected chi connectivity index (χ4v) is 4.89. The number of nitrogens with one attached hydrogen (secondary N) is 1. The van der Waals surface area contributed by atoms with Crippen LogP contribution in [0.5, 0.6) is 0 Å². The molecule has 0 bridgehead atoms. The number of carbonyl (C=O) groups is 1. The van der Waals surface area contributed by atoms with E-state index in [1.165, 1.54) is 38.0 Å². The van der Waals surface area contributed by atoms with Crippen LogP contribution in [0.15, 0.2) is 52.8 Å². The molecule has 9 nitrogen and oxygen atoms in total. The summed E-state index contributed by atoms with van der Waals surface area (Å²) in [6, 6.07) is 8.02. The summed E-state index contributed by atoms with van der Waals surface area (Å²) in [4.78, 5) is 16.4. The summed E-state index contributed by atoms with van der Waals surface area (Å²) in [6.07, 6.45) is 3.36. The van der Waals surface area contributed by atoms with E-state index >= 15 is 0 Å². The van der Waals surface area contributed by atoms with Crippen molar-refractivity contribution >= 4 is 45.0 Å². The number of benzene rings is 1. The summed E-state index contributed by atoms with van der Waals surface area (Å²) in [5, 5.41) is 11.8. The van der Waals surface area contributed by atoms with E-state index in [1.807, 2.05) is 23.6 Å². The van der Waals surface area contributed by atoms with Crippen LogP contribution < -0.4 is 5.32 Å². The van der Waals surface area contributed by atoms with Gasteiger partial charge in [-0.25, -0.2) is 12.7 Å². The minimum Gasteiger partial charge on any atom is -0.325 e. The summed E-state index contributed by atoms with van der Waals surface area (Å²) < 4.78 is 27.8. The highest BCUT2D eigenvalue weighted by Gasteiger charge is 2.22. The van der Waals surface area contributed by atoms with Crippen LogP contribution >= 0.6 is 23.4 Å². The number of nitrogens with zero attached hydrogens (tertiary/aromatic N) is 5. The van der Waals surface area contributed by atoms with Crippen molar-refractivity contribution in [3.05, 3.63) is 47.7 Å². The molecule has 0 saturated carbocycles. The van der Waals surface area contributed by atoms with Crippen molar-refractivity contribution in [2.45, 2.75) is 23.5 Å². The molecule has 0 unspecified atom stereocenters. The number of aromatic nitrogens is 4. The number of thioether (sulfide) groups is 1. The van der Waals surface area contributed by atoms with Crippen molar-refractivity contribution in [3.63, 3.8) is 0 Å². The Hall–Kier alpha value is -2.47. The molecule has 3 rings (SSSR count). The van der Waals surface area contributed by atoms with Crippen LogP contribution in [0.1, 0.15) is 6.92 Å². The lowest BCUT2D eigenvalue weighted by Gasteiger charge is -2.14. The van der Waals surface area contributed by atoms with Gasteiger partial charge in [-0.05, 0) is 37.3 Å². The molecule has 1 N–H and O–H groups in total. The zero-order valence-electron chi connectivity index (χ0n) is 17.1. The first-order chi connectivity index (χ1) is 14.7. The molecule has 0 fully saturated rings. The van der Waals surface area contributed by atoms with Crippen LogP contribution in [0.4, 0.5) is 5.69 Å². The number of halogens is 1. The molecule has 0 saturated heterocycles. The van der Waals surface area contributed by atoms with Crippen LogP contribution in [-0.4, -0.2) is 58.2 Å². The zero-order valence-corrected chi connectivity index (χ0v) is 19.5. The van der Waals surface area contributed by atoms with Gasteiger partial charge in [-0.15, -0.1) is 10.2 Å². The fraction of sp³-hybridized carbons (Fsp3) is 0.263. The Balaban J connectivity index is 1.71. The van der Waals surface area contributed by atoms with E-state index in [4.69, 9.17) is 11.6 Å². The summed E-state index contributed by atoms with van der Waals surface area (Å²) >= 11 is 7.29. The SMILES string of the molecule is CCn1c(SCC(=O)Nc2ccc(Cl)c(S(=O)(=O)N(C)C)c2)nnc1-c1ccncc1. The third-order valence-electron chi connectivity index (χ3n) is 4.28. The van der Waals surface area contributed by atoms with Crippen molar-refractivity contribution in [3.8, 4) is 11.4 Å². The van der Waals surface area contributed by atoms with Crippen LogP contribution in [0.2, 0.25) is 5.02 Å². The molecule has 31 heavy (non-hydrogen) atoms. The standard InChI is InChI=1S/C19H21ClN6O3S2/c1-4-26-18(13-7-9-21-10-8-13)23-24-19(26)30-12-17(27)22-14-5-6-15(20)16(11-14)31(28,29)25(2)3/h5-11H,4,12H2,1-3H3,(H,22,27). The quantitative estimate of drug-likeness (QED) is 0.493. The predicted molar refractivity (Wildman–Crippen MR) is 121 cm³/mol. The molecule has 3 aromatic rings. The molecule has 164 valence electrons. The van der Waals surface area contributed by atoms with Crippen molar-refractivity contribution in [1.29, 1.82) is 0 Å². The van der Waals surface area contributed by atoms with Gasteiger partial charge in [0.05, 0.1) is 10.8 Å². The average Bonchev–Trinajstić information content (AvgIpc) is 3.17. The second-order valence-corrected chi connectivity index (χ2v) is 10.0. The lowest BCUT2D eigenvalue weighted by atomic mass is 10.2. The van der Waals surface area contributed by atoms with Crippen LogP contribution in [0.25, 0.3) is 11.4 Å². The number of carbonyl (C=O) groups excluding carboxylic acids is 1. The highest BCUT2D eigenvalue weighted by atomic mass is 35.5. The Morgan fingerprint density at radius 2 is 1.90 bits per heavy atom. The van der Waals surface area contributed by atoms with Gasteiger partial charge in [0.1, 0.15) is 4.90 Å². The smallest absolute Gasteiger partial charge is 0.244 e. The Kier molecular flexibility index (Phi) is 7.31. The molecular formula is C19H21ClN6O3S2. The normalized spacial score (nSPS) is 11.6. The molecule has 12 heteroatoms. The Labute approximate surface area is 189 Å². The Morgan fingerprint density at radius 1 is 1.19 bits per heavy atom. The predicted octanol–water partition coefficient (Wildman–Crippen LogP) is 2.99. The van der Waals surface area contributed by atoms with Gasteiger partial charge in [-0.2, -0.15) is 0 Å². The highest BCUT2D eigenvalue weighted by Crippen LogP contribution is 2.27. The Bertz CT molecular complexity index is 1180. The minimum atomic E-state index is -3.73. The number of anilines is 1. The van der Waals surface area contributed by atoms with Crippen molar-refractivity contribution in [2.24, 2.45) is 0 Å². The van der Waals surface area contributed by atoms with E-state index < -0.39 is 10.0 Å². The molecule has 0 aliphatic carbocycles. The molecule has 2 heterocycles. The van der Waals surface area contributed by atoms with Crippen LogP contribution in [-0.2, 0) is 21.4 Å². The number of hydrogen-bond donors (Lipinski definition) is 1. The third kappa shape index (κ3) is 5.24. The molecule has 0 atom stereocenters. The topological polar surface area (TPSA) is 110 Å². The number of hydrogen-bond acceptors (Lipinski definition) is 7. The minimum absolute atomic E-state index is 0.0719. The Morgan fingerprint density at radius 3 is 2.55 bits per heavy atom. The van der Waals surface area contributed by atoms with Gasteiger partial charge >= 0.3 is 0 Å². The summed E-state index contributed by atoms with van der Waals surface area (Å²) in [7, 11) is -0.906. The molecule has 0 spiro atoms. The lowest BCUT2D eigenvalue weighted by Crippen LogP contribution is -2.23. The molecule has 2 aromatic heterocycles. The van der Waals surface area contributed by atoms with Gasteiger partial charge in [0.15, 0.2) is 11.0 Å². The van der Waals surface area contributed by atoms with E-state index in [9.17, 15) is 13.2 Å². The molecule has 0 radical (unpaired) electrons.